The van der Waals surface area contributed by atoms with Gasteiger partial charge < -0.3 is 19.5 Å². The Morgan fingerprint density at radius 2 is 1.67 bits per heavy atom. The Kier molecular flexibility index (Phi) is 4.73. The average molecular weight is 330 g/mol. The zero-order chi connectivity index (χ0) is 17.4. The molecule has 0 unspecified atom stereocenters. The molecule has 24 heavy (non-hydrogen) atoms. The second kappa shape index (κ2) is 6.50. The number of hydrogen-bond acceptors (Lipinski definition) is 4. The van der Waals surface area contributed by atoms with E-state index in [1.807, 2.05) is 56.9 Å². The van der Waals surface area contributed by atoms with Gasteiger partial charge in [-0.15, -0.1) is 0 Å². The van der Waals surface area contributed by atoms with E-state index < -0.39 is 0 Å². The number of hydrogen-bond donors (Lipinski definition) is 1. The lowest BCUT2D eigenvalue weighted by molar-refractivity contribution is 0.00578. The van der Waals surface area contributed by atoms with E-state index >= 15 is 0 Å². The van der Waals surface area contributed by atoms with Crippen LogP contribution in [0.25, 0.3) is 0 Å². The summed E-state index contributed by atoms with van der Waals surface area (Å²) in [5.41, 5.74) is 0.955. The second-order valence-corrected chi connectivity index (χ2v) is 7.61. The van der Waals surface area contributed by atoms with Crippen molar-refractivity contribution in [2.75, 3.05) is 26.2 Å². The summed E-state index contributed by atoms with van der Waals surface area (Å²) in [6, 6.07) is 7.62. The SMILES string of the molecule is CC1(C)OB(c2ccc(C(=O)N3CCCNCC3)cc2)OC1(C)C. The highest BCUT2D eigenvalue weighted by atomic mass is 16.7. The first kappa shape index (κ1) is 17.5. The van der Waals surface area contributed by atoms with Gasteiger partial charge in [0.25, 0.3) is 5.91 Å². The molecule has 1 N–H and O–H groups in total. The molecule has 6 heteroatoms. The van der Waals surface area contributed by atoms with E-state index in [1.54, 1.807) is 0 Å². The predicted octanol–water partition coefficient (Wildman–Crippen LogP) is 1.42. The third kappa shape index (κ3) is 3.36. The summed E-state index contributed by atoms with van der Waals surface area (Å²) in [5.74, 6) is 0.0965. The van der Waals surface area contributed by atoms with Crippen LogP contribution in [-0.4, -0.2) is 55.3 Å². The highest BCUT2D eigenvalue weighted by molar-refractivity contribution is 6.62. The van der Waals surface area contributed by atoms with E-state index in [4.69, 9.17) is 9.31 Å². The van der Waals surface area contributed by atoms with E-state index in [-0.39, 0.29) is 24.2 Å². The van der Waals surface area contributed by atoms with Crippen molar-refractivity contribution in [2.24, 2.45) is 0 Å². The third-order valence-electron chi connectivity index (χ3n) is 5.31. The molecule has 2 fully saturated rings. The first-order chi connectivity index (χ1) is 11.3. The molecule has 130 valence electrons. The molecule has 0 radical (unpaired) electrons. The van der Waals surface area contributed by atoms with Gasteiger partial charge in [0.15, 0.2) is 0 Å². The van der Waals surface area contributed by atoms with Gasteiger partial charge >= 0.3 is 7.12 Å². The predicted molar refractivity (Wildman–Crippen MR) is 95.5 cm³/mol. The van der Waals surface area contributed by atoms with E-state index in [2.05, 4.69) is 5.32 Å². The maximum atomic E-state index is 12.6. The molecule has 2 aliphatic heterocycles. The van der Waals surface area contributed by atoms with Crippen LogP contribution in [0.3, 0.4) is 0 Å². The van der Waals surface area contributed by atoms with Gasteiger partial charge in [0.1, 0.15) is 0 Å². The number of amides is 1. The quantitative estimate of drug-likeness (QED) is 0.834. The second-order valence-electron chi connectivity index (χ2n) is 7.61. The van der Waals surface area contributed by atoms with Crippen molar-refractivity contribution in [3.63, 3.8) is 0 Å². The summed E-state index contributed by atoms with van der Waals surface area (Å²) in [7, 11) is -0.387. The molecule has 2 saturated heterocycles. The Labute approximate surface area is 144 Å². The van der Waals surface area contributed by atoms with Crippen molar-refractivity contribution in [1.82, 2.24) is 10.2 Å². The van der Waals surface area contributed by atoms with Crippen molar-refractivity contribution in [2.45, 2.75) is 45.3 Å². The van der Waals surface area contributed by atoms with Crippen LogP contribution >= 0.6 is 0 Å². The van der Waals surface area contributed by atoms with E-state index in [0.717, 1.165) is 43.6 Å². The smallest absolute Gasteiger partial charge is 0.399 e. The fourth-order valence-corrected chi connectivity index (χ4v) is 2.99. The van der Waals surface area contributed by atoms with Crippen molar-refractivity contribution in [3.8, 4) is 0 Å². The lowest BCUT2D eigenvalue weighted by Gasteiger charge is -2.32. The first-order valence-corrected chi connectivity index (χ1v) is 8.76. The average Bonchev–Trinajstić information content (AvgIpc) is 2.74. The fourth-order valence-electron chi connectivity index (χ4n) is 2.99. The standard InChI is InChI=1S/C18H27BN2O3/c1-17(2)18(3,4)24-19(23-17)15-8-6-14(7-9-15)16(22)21-12-5-10-20-11-13-21/h6-9,20H,5,10-13H2,1-4H3. The molecular weight excluding hydrogens is 303 g/mol. The van der Waals surface area contributed by atoms with E-state index in [1.165, 1.54) is 0 Å². The number of nitrogens with zero attached hydrogens (tertiary/aromatic N) is 1. The van der Waals surface area contributed by atoms with Gasteiger partial charge in [0, 0.05) is 25.2 Å². The van der Waals surface area contributed by atoms with Crippen molar-refractivity contribution in [1.29, 1.82) is 0 Å². The minimum absolute atomic E-state index is 0.0965. The molecule has 1 amide bonds. The van der Waals surface area contributed by atoms with Crippen LogP contribution in [0.5, 0.6) is 0 Å². The van der Waals surface area contributed by atoms with Crippen LogP contribution in [0.15, 0.2) is 24.3 Å². The summed E-state index contributed by atoms with van der Waals surface area (Å²) >= 11 is 0. The van der Waals surface area contributed by atoms with Crippen molar-refractivity contribution >= 4 is 18.5 Å². The van der Waals surface area contributed by atoms with Gasteiger partial charge in [-0.2, -0.15) is 0 Å². The first-order valence-electron chi connectivity index (χ1n) is 8.76. The Morgan fingerprint density at radius 1 is 1.04 bits per heavy atom. The molecule has 0 spiro atoms. The molecule has 1 aromatic carbocycles. The molecule has 1 aromatic rings. The van der Waals surface area contributed by atoms with Crippen LogP contribution < -0.4 is 10.8 Å². The van der Waals surface area contributed by atoms with E-state index in [0.29, 0.717) is 0 Å². The molecule has 2 aliphatic rings. The minimum atomic E-state index is -0.387. The number of rotatable bonds is 2. The summed E-state index contributed by atoms with van der Waals surface area (Å²) in [6.45, 7) is 11.6. The zero-order valence-corrected chi connectivity index (χ0v) is 15.1. The highest BCUT2D eigenvalue weighted by Crippen LogP contribution is 2.36. The van der Waals surface area contributed by atoms with Crippen LogP contribution in [-0.2, 0) is 9.31 Å². The maximum absolute atomic E-state index is 12.6. The molecule has 0 aromatic heterocycles. The lowest BCUT2D eigenvalue weighted by atomic mass is 9.79. The summed E-state index contributed by atoms with van der Waals surface area (Å²) in [6.07, 6.45) is 0.998. The third-order valence-corrected chi connectivity index (χ3v) is 5.31. The van der Waals surface area contributed by atoms with Crippen molar-refractivity contribution in [3.05, 3.63) is 29.8 Å². The summed E-state index contributed by atoms with van der Waals surface area (Å²) in [4.78, 5) is 14.5. The van der Waals surface area contributed by atoms with Crippen LogP contribution in [0, 0.1) is 0 Å². The lowest BCUT2D eigenvalue weighted by Crippen LogP contribution is -2.41. The number of benzene rings is 1. The normalized spacial score (nSPS) is 23.2. The zero-order valence-electron chi connectivity index (χ0n) is 15.1. The van der Waals surface area contributed by atoms with Crippen LogP contribution in [0.2, 0.25) is 0 Å². The maximum Gasteiger partial charge on any atom is 0.494 e. The molecule has 5 nitrogen and oxygen atoms in total. The van der Waals surface area contributed by atoms with Gasteiger partial charge in [-0.25, -0.2) is 0 Å². The van der Waals surface area contributed by atoms with Gasteiger partial charge in [-0.05, 0) is 58.3 Å². The minimum Gasteiger partial charge on any atom is -0.399 e. The molecule has 0 aliphatic carbocycles. The largest absolute Gasteiger partial charge is 0.494 e. The van der Waals surface area contributed by atoms with Crippen LogP contribution in [0.1, 0.15) is 44.5 Å². The Balaban J connectivity index is 1.71. The number of nitrogens with one attached hydrogen (secondary N) is 1. The summed E-state index contributed by atoms with van der Waals surface area (Å²) in [5, 5.41) is 3.32. The van der Waals surface area contributed by atoms with Gasteiger partial charge in [-0.3, -0.25) is 4.79 Å². The van der Waals surface area contributed by atoms with Crippen molar-refractivity contribution < 1.29 is 14.1 Å². The van der Waals surface area contributed by atoms with Gasteiger partial charge in [0.2, 0.25) is 0 Å². The Hall–Kier alpha value is -1.37. The van der Waals surface area contributed by atoms with E-state index in [9.17, 15) is 4.79 Å². The highest BCUT2D eigenvalue weighted by Gasteiger charge is 2.51. The molecule has 0 saturated carbocycles. The van der Waals surface area contributed by atoms with Gasteiger partial charge in [0.05, 0.1) is 11.2 Å². The molecule has 3 rings (SSSR count). The Bertz CT molecular complexity index is 577. The monoisotopic (exact) mass is 330 g/mol. The fraction of sp³-hybridized carbons (Fsp3) is 0.611. The number of carbonyl (C=O) groups is 1. The van der Waals surface area contributed by atoms with Crippen LogP contribution in [0.4, 0.5) is 0 Å². The molecule has 2 heterocycles. The molecular formula is C18H27BN2O3. The molecule has 0 bridgehead atoms. The Morgan fingerprint density at radius 3 is 2.29 bits per heavy atom. The summed E-state index contributed by atoms with van der Waals surface area (Å²) < 4.78 is 12.1. The number of carbonyl (C=O) groups excluding carboxylic acids is 1. The molecule has 0 atom stereocenters. The topological polar surface area (TPSA) is 50.8 Å². The van der Waals surface area contributed by atoms with Gasteiger partial charge in [-0.1, -0.05) is 12.1 Å².